The quantitative estimate of drug-likeness (QED) is 0.117. The minimum atomic E-state index is -1.29. The van der Waals surface area contributed by atoms with E-state index in [-0.39, 0.29) is 35.0 Å². The first-order chi connectivity index (χ1) is 18.1. The Morgan fingerprint density at radius 2 is 1.68 bits per heavy atom. The molecule has 0 aromatic heterocycles. The van der Waals surface area contributed by atoms with E-state index < -0.39 is 12.0 Å². The van der Waals surface area contributed by atoms with Crippen LogP contribution < -0.4 is 0 Å². The third kappa shape index (κ3) is 7.29. The maximum atomic E-state index is 13.4. The minimum Gasteiger partial charge on any atom is -0.625 e. The number of benzene rings is 3. The van der Waals surface area contributed by atoms with Crippen molar-refractivity contribution in [2.24, 2.45) is 10.1 Å². The molecule has 3 aromatic carbocycles. The Morgan fingerprint density at radius 1 is 1.03 bits per heavy atom. The maximum Gasteiger partial charge on any atom is 2.00 e. The number of aliphatic carboxylic acids is 1. The van der Waals surface area contributed by atoms with Crippen molar-refractivity contribution in [1.82, 2.24) is 4.90 Å². The zero-order valence-corrected chi connectivity index (χ0v) is 21.5. The second kappa shape index (κ2) is 14.1. The van der Waals surface area contributed by atoms with Gasteiger partial charge in [-0.3, -0.25) is 9.89 Å². The van der Waals surface area contributed by atoms with Gasteiger partial charge in [-0.15, -0.1) is 5.69 Å². The SMILES string of the molecule is [N-]=[N+]=NC[C@H](N=C(c1ccccc1)c1ccccc1[N-]C(=O)C1CCCN1Cc1ccccc1)C(=O)O.[Ni+2]. The van der Waals surface area contributed by atoms with Gasteiger partial charge in [0, 0.05) is 17.0 Å². The predicted molar refractivity (Wildman–Crippen MR) is 142 cm³/mol. The summed E-state index contributed by atoms with van der Waals surface area (Å²) in [7, 11) is 0. The molecule has 1 amide bonds. The van der Waals surface area contributed by atoms with Crippen LogP contribution in [-0.2, 0) is 32.6 Å². The Kier molecular flexibility index (Phi) is 10.6. The maximum absolute atomic E-state index is 13.4. The van der Waals surface area contributed by atoms with Crippen LogP contribution in [0.1, 0.15) is 29.5 Å². The van der Waals surface area contributed by atoms with Gasteiger partial charge < -0.3 is 15.2 Å². The second-order valence-electron chi connectivity index (χ2n) is 8.69. The molecule has 196 valence electrons. The van der Waals surface area contributed by atoms with Crippen LogP contribution in [0.3, 0.4) is 0 Å². The number of hydrogen-bond acceptors (Lipinski definition) is 5. The molecule has 1 saturated heterocycles. The standard InChI is InChI=1S/C28H28N6O3.Ni/c29-33-30-18-24(28(36)37)31-26(21-12-5-2-6-13-21)22-14-7-8-15-23(22)32-27(35)25-16-9-17-34(25)19-20-10-3-1-4-11-20;/h1-8,10-15,24-25H,9,16-19H2,(H2,31,32,35,36,37);/q;+2/p-1/t24-,25?;/m0./s1. The van der Waals surface area contributed by atoms with Gasteiger partial charge in [0.25, 0.3) is 0 Å². The van der Waals surface area contributed by atoms with Crippen molar-refractivity contribution in [2.75, 3.05) is 13.1 Å². The second-order valence-corrected chi connectivity index (χ2v) is 8.69. The van der Waals surface area contributed by atoms with Crippen molar-refractivity contribution >= 4 is 23.3 Å². The van der Waals surface area contributed by atoms with Gasteiger partial charge in [-0.2, -0.15) is 0 Å². The number of likely N-dealkylation sites (tertiary alicyclic amines) is 1. The average molecular weight is 554 g/mol. The van der Waals surface area contributed by atoms with E-state index in [4.69, 9.17) is 5.53 Å². The van der Waals surface area contributed by atoms with Crippen LogP contribution in [0.2, 0.25) is 0 Å². The molecule has 4 rings (SSSR count). The van der Waals surface area contributed by atoms with Crippen molar-refractivity contribution in [2.45, 2.75) is 31.5 Å². The van der Waals surface area contributed by atoms with Gasteiger partial charge in [-0.1, -0.05) is 90.0 Å². The Hall–Kier alpha value is -3.97. The van der Waals surface area contributed by atoms with Crippen LogP contribution in [0.15, 0.2) is 95.0 Å². The first kappa shape index (κ1) is 28.6. The zero-order chi connectivity index (χ0) is 26.0. The van der Waals surface area contributed by atoms with Crippen molar-refractivity contribution < 1.29 is 31.2 Å². The first-order valence-electron chi connectivity index (χ1n) is 12.1. The normalized spacial score (nSPS) is 16.1. The number of nitrogens with zero attached hydrogens (tertiary/aromatic N) is 6. The molecule has 1 N–H and O–H groups in total. The molecule has 0 spiro atoms. The van der Waals surface area contributed by atoms with Crippen molar-refractivity contribution in [3.8, 4) is 0 Å². The molecule has 2 atom stereocenters. The number of rotatable bonds is 10. The third-order valence-corrected chi connectivity index (χ3v) is 6.20. The molecule has 0 aliphatic carbocycles. The summed E-state index contributed by atoms with van der Waals surface area (Å²) >= 11 is 0. The van der Waals surface area contributed by atoms with E-state index in [2.05, 4.69) is 25.2 Å². The van der Waals surface area contributed by atoms with E-state index in [0.717, 1.165) is 24.9 Å². The van der Waals surface area contributed by atoms with E-state index in [0.29, 0.717) is 29.1 Å². The van der Waals surface area contributed by atoms with Gasteiger partial charge >= 0.3 is 22.5 Å². The summed E-state index contributed by atoms with van der Waals surface area (Å²) in [6.45, 7) is 1.15. The summed E-state index contributed by atoms with van der Waals surface area (Å²) in [5.41, 5.74) is 11.8. The number of aliphatic imine (C=N–C) groups is 1. The van der Waals surface area contributed by atoms with Crippen molar-refractivity contribution in [3.05, 3.63) is 117 Å². The molecular weight excluding hydrogens is 527 g/mol. The molecule has 1 fully saturated rings. The monoisotopic (exact) mass is 553 g/mol. The van der Waals surface area contributed by atoms with E-state index in [1.165, 1.54) is 0 Å². The Bertz CT molecular complexity index is 1310. The predicted octanol–water partition coefficient (Wildman–Crippen LogP) is 5.48. The van der Waals surface area contributed by atoms with Gasteiger partial charge in [0.15, 0.2) is 6.04 Å². The van der Waals surface area contributed by atoms with E-state index in [1.54, 1.807) is 24.3 Å². The average Bonchev–Trinajstić information content (AvgIpc) is 3.38. The smallest absolute Gasteiger partial charge is 0.625 e. The topological polar surface area (TPSA) is 133 Å². The van der Waals surface area contributed by atoms with Crippen LogP contribution >= 0.6 is 0 Å². The summed E-state index contributed by atoms with van der Waals surface area (Å²) in [5, 5.41) is 17.6. The van der Waals surface area contributed by atoms with Crippen LogP contribution in [0.5, 0.6) is 0 Å². The number of azide groups is 1. The first-order valence-corrected chi connectivity index (χ1v) is 12.1. The van der Waals surface area contributed by atoms with E-state index >= 15 is 0 Å². The molecule has 1 unspecified atom stereocenters. The summed E-state index contributed by atoms with van der Waals surface area (Å²) in [6.07, 6.45) is 1.64. The van der Waals surface area contributed by atoms with Gasteiger partial charge in [0.2, 0.25) is 0 Å². The molecule has 0 radical (unpaired) electrons. The third-order valence-electron chi connectivity index (χ3n) is 6.20. The van der Waals surface area contributed by atoms with Gasteiger partial charge in [0.1, 0.15) is 0 Å². The summed E-state index contributed by atoms with van der Waals surface area (Å²) < 4.78 is 0. The molecule has 10 heteroatoms. The summed E-state index contributed by atoms with van der Waals surface area (Å²) in [4.78, 5) is 34.5. The Morgan fingerprint density at radius 3 is 2.37 bits per heavy atom. The van der Waals surface area contributed by atoms with Gasteiger partial charge in [-0.05, 0) is 36.0 Å². The number of carboxylic acid groups (broad SMARTS) is 1. The van der Waals surface area contributed by atoms with E-state index in [9.17, 15) is 14.7 Å². The number of carbonyl (C=O) groups is 2. The van der Waals surface area contributed by atoms with Crippen LogP contribution in [0.4, 0.5) is 5.69 Å². The Balaban J connectivity index is 0.00000400. The molecule has 9 nitrogen and oxygen atoms in total. The van der Waals surface area contributed by atoms with Crippen LogP contribution in [-0.4, -0.2) is 52.8 Å². The number of carbonyl (C=O) groups excluding carboxylic acids is 1. The molecule has 3 aromatic rings. The summed E-state index contributed by atoms with van der Waals surface area (Å²) in [5.74, 6) is -1.45. The minimum absolute atomic E-state index is 0. The molecule has 0 bridgehead atoms. The molecule has 1 aliphatic heterocycles. The van der Waals surface area contributed by atoms with E-state index in [1.807, 2.05) is 60.7 Å². The number of hydrogen-bond donors (Lipinski definition) is 1. The van der Waals surface area contributed by atoms with Crippen LogP contribution in [0.25, 0.3) is 15.8 Å². The number of para-hydroxylation sites is 1. The fraction of sp³-hybridized carbons (Fsp3) is 0.250. The van der Waals surface area contributed by atoms with Gasteiger partial charge in [-0.25, -0.2) is 4.79 Å². The molecule has 0 saturated carbocycles. The number of amides is 1. The molecule has 38 heavy (non-hydrogen) atoms. The number of carboxylic acids is 1. The molecule has 1 aliphatic rings. The fourth-order valence-electron chi connectivity index (χ4n) is 4.42. The molecular formula is C28H27N6NiO3+. The van der Waals surface area contributed by atoms with Crippen molar-refractivity contribution in [1.29, 1.82) is 0 Å². The largest absolute Gasteiger partial charge is 2.00 e. The molecule has 1 heterocycles. The Labute approximate surface area is 231 Å². The zero-order valence-electron chi connectivity index (χ0n) is 20.5. The van der Waals surface area contributed by atoms with Gasteiger partial charge in [0.05, 0.1) is 24.2 Å². The van der Waals surface area contributed by atoms with Crippen molar-refractivity contribution in [3.63, 3.8) is 0 Å². The fourth-order valence-corrected chi connectivity index (χ4v) is 4.42. The summed E-state index contributed by atoms with van der Waals surface area (Å²) in [6, 6.07) is 24.6. The van der Waals surface area contributed by atoms with Crippen LogP contribution in [0, 0.1) is 0 Å².